The Bertz CT molecular complexity index is 524. The van der Waals surface area contributed by atoms with E-state index in [1.165, 1.54) is 17.0 Å². The van der Waals surface area contributed by atoms with Crippen molar-refractivity contribution in [2.75, 3.05) is 11.9 Å². The zero-order chi connectivity index (χ0) is 14.0. The summed E-state index contributed by atoms with van der Waals surface area (Å²) in [5, 5.41) is 11.6. The van der Waals surface area contributed by atoms with E-state index in [9.17, 15) is 14.0 Å². The van der Waals surface area contributed by atoms with Crippen molar-refractivity contribution in [3.63, 3.8) is 0 Å². The summed E-state index contributed by atoms with van der Waals surface area (Å²) < 4.78 is 13.5. The second-order valence-corrected chi connectivity index (χ2v) is 4.68. The summed E-state index contributed by atoms with van der Waals surface area (Å²) in [6, 6.07) is 2.39. The molecule has 1 aliphatic heterocycles. The van der Waals surface area contributed by atoms with Gasteiger partial charge in [-0.05, 0) is 31.0 Å². The third-order valence-corrected chi connectivity index (χ3v) is 3.21. The molecular formula is C12H12ClFN2O3. The first kappa shape index (κ1) is 13.6. The number of nitrogens with zero attached hydrogens (tertiary/aromatic N) is 1. The molecule has 0 radical (unpaired) electrons. The minimum absolute atomic E-state index is 0.0227. The van der Waals surface area contributed by atoms with E-state index < -0.39 is 23.9 Å². The van der Waals surface area contributed by atoms with Crippen LogP contribution in [0.2, 0.25) is 5.02 Å². The number of hydrogen-bond acceptors (Lipinski definition) is 2. The Balaban J connectivity index is 2.10. The molecule has 0 bridgehead atoms. The lowest BCUT2D eigenvalue weighted by molar-refractivity contribution is -0.141. The van der Waals surface area contributed by atoms with Crippen LogP contribution in [-0.2, 0) is 4.79 Å². The molecule has 7 heteroatoms. The maximum absolute atomic E-state index is 13.5. The van der Waals surface area contributed by atoms with Gasteiger partial charge in [0.05, 0.1) is 5.69 Å². The molecule has 0 aromatic heterocycles. The molecule has 2 amide bonds. The summed E-state index contributed by atoms with van der Waals surface area (Å²) in [7, 11) is 0. The standard InChI is InChI=1S/C12H12ClFN2O3/c13-7-3-4-9(8(14)6-7)15-12(19)16-5-1-2-10(16)11(17)18/h3-4,6,10H,1-2,5H2,(H,15,19)(H,17,18). The molecule has 1 atom stereocenters. The summed E-state index contributed by atoms with van der Waals surface area (Å²) in [6.45, 7) is 0.345. The maximum Gasteiger partial charge on any atom is 0.326 e. The predicted molar refractivity (Wildman–Crippen MR) is 67.8 cm³/mol. The predicted octanol–water partition coefficient (Wildman–Crippen LogP) is 2.56. The molecule has 1 aromatic rings. The number of aliphatic carboxylic acids is 1. The number of amides is 2. The van der Waals surface area contributed by atoms with E-state index in [4.69, 9.17) is 16.7 Å². The Labute approximate surface area is 114 Å². The van der Waals surface area contributed by atoms with Crippen LogP contribution in [0.5, 0.6) is 0 Å². The molecule has 2 N–H and O–H groups in total. The van der Waals surface area contributed by atoms with Gasteiger partial charge in [-0.25, -0.2) is 14.0 Å². The van der Waals surface area contributed by atoms with Crippen molar-refractivity contribution >= 4 is 29.3 Å². The third-order valence-electron chi connectivity index (χ3n) is 2.97. The Morgan fingerprint density at radius 3 is 2.84 bits per heavy atom. The second-order valence-electron chi connectivity index (χ2n) is 4.24. The van der Waals surface area contributed by atoms with Crippen LogP contribution < -0.4 is 5.32 Å². The molecule has 102 valence electrons. The summed E-state index contributed by atoms with van der Waals surface area (Å²) in [5.41, 5.74) is -0.0227. The average molecular weight is 287 g/mol. The quantitative estimate of drug-likeness (QED) is 0.878. The summed E-state index contributed by atoms with van der Waals surface area (Å²) in [4.78, 5) is 24.1. The van der Waals surface area contributed by atoms with Crippen LogP contribution in [0, 0.1) is 5.82 Å². The lowest BCUT2D eigenvalue weighted by atomic mass is 10.2. The monoisotopic (exact) mass is 286 g/mol. The zero-order valence-corrected chi connectivity index (χ0v) is 10.7. The van der Waals surface area contributed by atoms with E-state index in [-0.39, 0.29) is 10.7 Å². The van der Waals surface area contributed by atoms with E-state index in [0.717, 1.165) is 6.07 Å². The van der Waals surface area contributed by atoms with Gasteiger partial charge in [0, 0.05) is 11.6 Å². The van der Waals surface area contributed by atoms with Crippen LogP contribution >= 0.6 is 11.6 Å². The largest absolute Gasteiger partial charge is 0.480 e. The van der Waals surface area contributed by atoms with Gasteiger partial charge < -0.3 is 15.3 Å². The van der Waals surface area contributed by atoms with Crippen molar-refractivity contribution in [1.29, 1.82) is 0 Å². The zero-order valence-electron chi connectivity index (χ0n) is 9.90. The van der Waals surface area contributed by atoms with Gasteiger partial charge in [0.25, 0.3) is 0 Å². The fourth-order valence-corrected chi connectivity index (χ4v) is 2.20. The Morgan fingerprint density at radius 2 is 2.21 bits per heavy atom. The van der Waals surface area contributed by atoms with Gasteiger partial charge in [-0.1, -0.05) is 11.6 Å². The Hall–Kier alpha value is -1.82. The third kappa shape index (κ3) is 2.96. The first-order valence-corrected chi connectivity index (χ1v) is 6.12. The van der Waals surface area contributed by atoms with Gasteiger partial charge in [0.2, 0.25) is 0 Å². The summed E-state index contributed by atoms with van der Waals surface area (Å²) in [6.07, 6.45) is 1.03. The van der Waals surface area contributed by atoms with Gasteiger partial charge >= 0.3 is 12.0 Å². The molecule has 19 heavy (non-hydrogen) atoms. The number of carbonyl (C=O) groups excluding carboxylic acids is 1. The SMILES string of the molecule is O=C(O)C1CCCN1C(=O)Nc1ccc(Cl)cc1F. The molecule has 5 nitrogen and oxygen atoms in total. The van der Waals surface area contributed by atoms with Crippen LogP contribution in [0.15, 0.2) is 18.2 Å². The highest BCUT2D eigenvalue weighted by atomic mass is 35.5. The van der Waals surface area contributed by atoms with Crippen molar-refractivity contribution < 1.29 is 19.1 Å². The fraction of sp³-hybridized carbons (Fsp3) is 0.333. The molecule has 1 fully saturated rings. The Morgan fingerprint density at radius 1 is 1.47 bits per heavy atom. The topological polar surface area (TPSA) is 69.6 Å². The molecule has 0 saturated carbocycles. The first-order valence-electron chi connectivity index (χ1n) is 5.74. The molecule has 1 aromatic carbocycles. The number of likely N-dealkylation sites (tertiary alicyclic amines) is 1. The Kier molecular flexibility index (Phi) is 3.90. The van der Waals surface area contributed by atoms with Crippen LogP contribution in [-0.4, -0.2) is 34.6 Å². The summed E-state index contributed by atoms with van der Waals surface area (Å²) in [5.74, 6) is -1.71. The molecule has 0 spiro atoms. The average Bonchev–Trinajstić information content (AvgIpc) is 2.82. The van der Waals surface area contributed by atoms with Crippen molar-refractivity contribution in [3.05, 3.63) is 29.0 Å². The van der Waals surface area contributed by atoms with Gasteiger partial charge in [-0.2, -0.15) is 0 Å². The lowest BCUT2D eigenvalue weighted by Crippen LogP contribution is -2.42. The molecule has 2 rings (SSSR count). The normalized spacial score (nSPS) is 18.4. The van der Waals surface area contributed by atoms with E-state index in [1.54, 1.807) is 0 Å². The number of rotatable bonds is 2. The van der Waals surface area contributed by atoms with Gasteiger partial charge in [-0.3, -0.25) is 0 Å². The summed E-state index contributed by atoms with van der Waals surface area (Å²) >= 11 is 5.60. The molecule has 1 heterocycles. The fourth-order valence-electron chi connectivity index (χ4n) is 2.04. The highest BCUT2D eigenvalue weighted by Gasteiger charge is 2.34. The maximum atomic E-state index is 13.5. The van der Waals surface area contributed by atoms with Gasteiger partial charge in [-0.15, -0.1) is 0 Å². The number of nitrogens with one attached hydrogen (secondary N) is 1. The second kappa shape index (κ2) is 5.44. The van der Waals surface area contributed by atoms with Crippen molar-refractivity contribution in [2.45, 2.75) is 18.9 Å². The van der Waals surface area contributed by atoms with Crippen LogP contribution in [0.4, 0.5) is 14.9 Å². The highest BCUT2D eigenvalue weighted by Crippen LogP contribution is 2.22. The number of benzene rings is 1. The van der Waals surface area contributed by atoms with E-state index in [2.05, 4.69) is 5.32 Å². The number of halogens is 2. The number of carboxylic acid groups (broad SMARTS) is 1. The minimum atomic E-state index is -1.05. The number of hydrogen-bond donors (Lipinski definition) is 2. The number of urea groups is 1. The van der Waals surface area contributed by atoms with Gasteiger partial charge in [0.15, 0.2) is 0 Å². The van der Waals surface area contributed by atoms with Crippen LogP contribution in [0.25, 0.3) is 0 Å². The molecule has 0 aliphatic carbocycles. The highest BCUT2D eigenvalue weighted by molar-refractivity contribution is 6.30. The first-order chi connectivity index (χ1) is 8.99. The van der Waals surface area contributed by atoms with E-state index in [0.29, 0.717) is 19.4 Å². The minimum Gasteiger partial charge on any atom is -0.480 e. The molecular weight excluding hydrogens is 275 g/mol. The van der Waals surface area contributed by atoms with Gasteiger partial charge in [0.1, 0.15) is 11.9 Å². The molecule has 1 saturated heterocycles. The molecule has 1 aliphatic rings. The van der Waals surface area contributed by atoms with Crippen molar-refractivity contribution in [3.8, 4) is 0 Å². The van der Waals surface area contributed by atoms with Crippen LogP contribution in [0.1, 0.15) is 12.8 Å². The van der Waals surface area contributed by atoms with E-state index in [1.807, 2.05) is 0 Å². The smallest absolute Gasteiger partial charge is 0.326 e. The number of carboxylic acids is 1. The van der Waals surface area contributed by atoms with Crippen molar-refractivity contribution in [2.24, 2.45) is 0 Å². The van der Waals surface area contributed by atoms with Crippen LogP contribution in [0.3, 0.4) is 0 Å². The lowest BCUT2D eigenvalue weighted by Gasteiger charge is -2.21. The van der Waals surface area contributed by atoms with E-state index >= 15 is 0 Å². The number of carbonyl (C=O) groups is 2. The molecule has 1 unspecified atom stereocenters. The number of anilines is 1. The van der Waals surface area contributed by atoms with Crippen molar-refractivity contribution in [1.82, 2.24) is 4.90 Å².